The molecular weight excluding hydrogens is 248 g/mol. The molecular formula is C18H22O2. The highest BCUT2D eigenvalue weighted by molar-refractivity contribution is 5.45. The van der Waals surface area contributed by atoms with Gasteiger partial charge in [-0.25, -0.2) is 0 Å². The summed E-state index contributed by atoms with van der Waals surface area (Å²) in [6.45, 7) is 4.18. The summed E-state index contributed by atoms with van der Waals surface area (Å²) in [6.07, 6.45) is 4.60. The average Bonchev–Trinajstić information content (AvgIpc) is 2.44. The molecule has 0 aromatic heterocycles. The Morgan fingerprint density at radius 1 is 1.00 bits per heavy atom. The lowest BCUT2D eigenvalue weighted by molar-refractivity contribution is 0.409. The molecule has 2 aromatic carbocycles. The van der Waals surface area contributed by atoms with Crippen molar-refractivity contribution in [3.63, 3.8) is 0 Å². The van der Waals surface area contributed by atoms with Crippen LogP contribution in [0.1, 0.15) is 37.3 Å². The van der Waals surface area contributed by atoms with Crippen LogP contribution in [0.4, 0.5) is 0 Å². The standard InChI is InChI=1S/C18H22O2/c1-3-4-5-9-15-11-12-18(16(19)13-15)20-17-10-7-6-8-14(17)2/h6-8,10-13,19H,3-5,9H2,1-2H3. The Bertz CT molecular complexity index is 561. The van der Waals surface area contributed by atoms with E-state index in [1.807, 2.05) is 49.4 Å². The quantitative estimate of drug-likeness (QED) is 0.729. The van der Waals surface area contributed by atoms with Gasteiger partial charge >= 0.3 is 0 Å². The van der Waals surface area contributed by atoms with Crippen LogP contribution in [0.5, 0.6) is 17.2 Å². The molecule has 0 aliphatic rings. The van der Waals surface area contributed by atoms with Crippen LogP contribution in [-0.2, 0) is 6.42 Å². The van der Waals surface area contributed by atoms with Crippen molar-refractivity contribution in [2.45, 2.75) is 39.5 Å². The molecule has 2 nitrogen and oxygen atoms in total. The van der Waals surface area contributed by atoms with Gasteiger partial charge in [-0.05, 0) is 49.1 Å². The van der Waals surface area contributed by atoms with Gasteiger partial charge in [0.15, 0.2) is 11.5 Å². The van der Waals surface area contributed by atoms with E-state index in [9.17, 15) is 5.11 Å². The summed E-state index contributed by atoms with van der Waals surface area (Å²) < 4.78 is 5.77. The van der Waals surface area contributed by atoms with E-state index < -0.39 is 0 Å². The van der Waals surface area contributed by atoms with Gasteiger partial charge in [0, 0.05) is 0 Å². The minimum absolute atomic E-state index is 0.210. The first-order valence-corrected chi connectivity index (χ1v) is 7.26. The van der Waals surface area contributed by atoms with Gasteiger partial charge in [-0.2, -0.15) is 0 Å². The maximum atomic E-state index is 10.1. The second-order valence-corrected chi connectivity index (χ2v) is 5.13. The highest BCUT2D eigenvalue weighted by atomic mass is 16.5. The molecule has 0 saturated heterocycles. The molecule has 1 N–H and O–H groups in total. The third-order valence-corrected chi connectivity index (χ3v) is 3.41. The number of phenolic OH excluding ortho intramolecular Hbond substituents is 1. The van der Waals surface area contributed by atoms with Crippen LogP contribution in [-0.4, -0.2) is 5.11 Å². The minimum atomic E-state index is 0.210. The van der Waals surface area contributed by atoms with Gasteiger partial charge in [0.05, 0.1) is 0 Å². The highest BCUT2D eigenvalue weighted by Gasteiger charge is 2.06. The predicted molar refractivity (Wildman–Crippen MR) is 82.6 cm³/mol. The van der Waals surface area contributed by atoms with Gasteiger partial charge in [0.1, 0.15) is 5.75 Å². The summed E-state index contributed by atoms with van der Waals surface area (Å²) in [4.78, 5) is 0. The SMILES string of the molecule is CCCCCc1ccc(Oc2ccccc2C)c(O)c1. The summed E-state index contributed by atoms with van der Waals surface area (Å²) in [5.41, 5.74) is 2.21. The first kappa shape index (κ1) is 14.4. The van der Waals surface area contributed by atoms with Crippen molar-refractivity contribution in [1.82, 2.24) is 0 Å². The van der Waals surface area contributed by atoms with E-state index >= 15 is 0 Å². The molecule has 0 heterocycles. The molecule has 106 valence electrons. The molecule has 0 fully saturated rings. The smallest absolute Gasteiger partial charge is 0.169 e. The Kier molecular flexibility index (Phi) is 5.05. The van der Waals surface area contributed by atoms with E-state index in [2.05, 4.69) is 6.92 Å². The zero-order valence-electron chi connectivity index (χ0n) is 12.2. The van der Waals surface area contributed by atoms with Crippen LogP contribution in [0.15, 0.2) is 42.5 Å². The number of unbranched alkanes of at least 4 members (excludes halogenated alkanes) is 2. The summed E-state index contributed by atoms with van der Waals surface area (Å²) >= 11 is 0. The number of hydrogen-bond acceptors (Lipinski definition) is 2. The molecule has 0 unspecified atom stereocenters. The largest absolute Gasteiger partial charge is 0.504 e. The van der Waals surface area contributed by atoms with Crippen LogP contribution in [0.25, 0.3) is 0 Å². The van der Waals surface area contributed by atoms with Gasteiger partial charge in [-0.3, -0.25) is 0 Å². The number of rotatable bonds is 6. The Morgan fingerprint density at radius 2 is 1.80 bits per heavy atom. The molecule has 2 heteroatoms. The zero-order chi connectivity index (χ0) is 14.4. The number of benzene rings is 2. The molecule has 0 radical (unpaired) electrons. The third-order valence-electron chi connectivity index (χ3n) is 3.41. The normalized spacial score (nSPS) is 10.5. The van der Waals surface area contributed by atoms with Gasteiger partial charge in [0.25, 0.3) is 0 Å². The molecule has 0 saturated carbocycles. The number of hydrogen-bond donors (Lipinski definition) is 1. The van der Waals surface area contributed by atoms with Crippen molar-refractivity contribution >= 4 is 0 Å². The number of phenols is 1. The van der Waals surface area contributed by atoms with Crippen LogP contribution in [0.2, 0.25) is 0 Å². The minimum Gasteiger partial charge on any atom is -0.504 e. The number of ether oxygens (including phenoxy) is 1. The van der Waals surface area contributed by atoms with Gasteiger partial charge < -0.3 is 9.84 Å². The maximum absolute atomic E-state index is 10.1. The van der Waals surface area contributed by atoms with Crippen molar-refractivity contribution in [3.8, 4) is 17.2 Å². The van der Waals surface area contributed by atoms with Crippen LogP contribution in [0.3, 0.4) is 0 Å². The topological polar surface area (TPSA) is 29.5 Å². The average molecular weight is 270 g/mol. The molecule has 0 atom stereocenters. The summed E-state index contributed by atoms with van der Waals surface area (Å²) in [5.74, 6) is 1.50. The van der Waals surface area contributed by atoms with Gasteiger partial charge in [-0.15, -0.1) is 0 Å². The zero-order valence-corrected chi connectivity index (χ0v) is 12.2. The Balaban J connectivity index is 2.08. The third kappa shape index (κ3) is 3.77. The van der Waals surface area contributed by atoms with E-state index in [0.717, 1.165) is 29.7 Å². The van der Waals surface area contributed by atoms with E-state index in [1.54, 1.807) is 0 Å². The number of aromatic hydroxyl groups is 1. The van der Waals surface area contributed by atoms with Gasteiger partial charge in [0.2, 0.25) is 0 Å². The van der Waals surface area contributed by atoms with Crippen LogP contribution < -0.4 is 4.74 Å². The Hall–Kier alpha value is -1.96. The van der Waals surface area contributed by atoms with E-state index in [0.29, 0.717) is 5.75 Å². The number of para-hydroxylation sites is 1. The number of aryl methyl sites for hydroxylation is 2. The highest BCUT2D eigenvalue weighted by Crippen LogP contribution is 2.33. The van der Waals surface area contributed by atoms with Crippen LogP contribution >= 0.6 is 0 Å². The monoisotopic (exact) mass is 270 g/mol. The molecule has 0 aliphatic heterocycles. The summed E-state index contributed by atoms with van der Waals surface area (Å²) in [7, 11) is 0. The fourth-order valence-corrected chi connectivity index (χ4v) is 2.17. The van der Waals surface area contributed by atoms with Crippen molar-refractivity contribution in [3.05, 3.63) is 53.6 Å². The Labute approximate surface area is 121 Å². The molecule has 2 aromatic rings. The molecule has 2 rings (SSSR count). The van der Waals surface area contributed by atoms with E-state index in [1.165, 1.54) is 12.8 Å². The lowest BCUT2D eigenvalue weighted by Gasteiger charge is -2.11. The molecule has 0 spiro atoms. The molecule has 0 amide bonds. The fourth-order valence-electron chi connectivity index (χ4n) is 2.17. The van der Waals surface area contributed by atoms with Crippen molar-refractivity contribution in [2.24, 2.45) is 0 Å². The van der Waals surface area contributed by atoms with Crippen molar-refractivity contribution in [2.75, 3.05) is 0 Å². The van der Waals surface area contributed by atoms with E-state index in [4.69, 9.17) is 4.74 Å². The van der Waals surface area contributed by atoms with E-state index in [-0.39, 0.29) is 5.75 Å². The van der Waals surface area contributed by atoms with Crippen molar-refractivity contribution < 1.29 is 9.84 Å². The molecule has 20 heavy (non-hydrogen) atoms. The lowest BCUT2D eigenvalue weighted by atomic mass is 10.1. The Morgan fingerprint density at radius 3 is 2.50 bits per heavy atom. The first-order valence-electron chi connectivity index (χ1n) is 7.26. The van der Waals surface area contributed by atoms with Gasteiger partial charge in [-0.1, -0.05) is 44.0 Å². The molecule has 0 bridgehead atoms. The lowest BCUT2D eigenvalue weighted by Crippen LogP contribution is -1.90. The fraction of sp³-hybridized carbons (Fsp3) is 0.333. The molecule has 0 aliphatic carbocycles. The predicted octanol–water partition coefficient (Wildman–Crippen LogP) is 5.23. The van der Waals surface area contributed by atoms with Crippen molar-refractivity contribution in [1.29, 1.82) is 0 Å². The second kappa shape index (κ2) is 6.99. The maximum Gasteiger partial charge on any atom is 0.169 e. The van der Waals surface area contributed by atoms with Crippen LogP contribution in [0, 0.1) is 6.92 Å². The first-order chi connectivity index (χ1) is 9.70. The summed E-state index contributed by atoms with van der Waals surface area (Å²) in [5, 5.41) is 10.1. The summed E-state index contributed by atoms with van der Waals surface area (Å²) in [6, 6.07) is 13.5. The second-order valence-electron chi connectivity index (χ2n) is 5.13.